The lowest BCUT2D eigenvalue weighted by Gasteiger charge is -2.25. The van der Waals surface area contributed by atoms with Crippen LogP contribution in [0.3, 0.4) is 0 Å². The van der Waals surface area contributed by atoms with Crippen molar-refractivity contribution in [1.82, 2.24) is 9.97 Å². The maximum absolute atomic E-state index is 5.50. The predicted molar refractivity (Wildman–Crippen MR) is 192 cm³/mol. The quantitative estimate of drug-likeness (QED) is 0.194. The zero-order valence-corrected chi connectivity index (χ0v) is 25.2. The van der Waals surface area contributed by atoms with Gasteiger partial charge in [0.15, 0.2) is 5.82 Å². The maximum atomic E-state index is 5.50. The average Bonchev–Trinajstić information content (AvgIpc) is 3.15. The first-order valence-corrected chi connectivity index (χ1v) is 15.6. The van der Waals surface area contributed by atoms with Crippen LogP contribution < -0.4 is 0 Å². The molecular formula is C44H30N2. The smallest absolute Gasteiger partial charge is 0.160 e. The van der Waals surface area contributed by atoms with E-state index in [1.165, 1.54) is 0 Å². The minimum Gasteiger partial charge on any atom is -0.227 e. The molecule has 0 fully saturated rings. The molecule has 1 heterocycles. The molecule has 0 bridgehead atoms. The fraction of sp³-hybridized carbons (Fsp3) is 0. The molecule has 0 saturated carbocycles. The van der Waals surface area contributed by atoms with Gasteiger partial charge in [-0.2, -0.15) is 0 Å². The highest BCUT2D eigenvalue weighted by atomic mass is 14.9. The molecular weight excluding hydrogens is 556 g/mol. The van der Waals surface area contributed by atoms with Gasteiger partial charge in [0.2, 0.25) is 0 Å². The Bertz CT molecular complexity index is 2250. The van der Waals surface area contributed by atoms with E-state index in [0.29, 0.717) is 5.82 Å². The molecule has 46 heavy (non-hydrogen) atoms. The highest BCUT2D eigenvalue weighted by Gasteiger charge is 2.28. The summed E-state index contributed by atoms with van der Waals surface area (Å²) in [4.78, 5) is 10.9. The van der Waals surface area contributed by atoms with Gasteiger partial charge in [-0.15, -0.1) is 0 Å². The second-order valence-electron chi connectivity index (χ2n) is 11.3. The van der Waals surface area contributed by atoms with Crippen LogP contribution in [0.5, 0.6) is 0 Å². The Morgan fingerprint density at radius 3 is 1.02 bits per heavy atom. The molecule has 0 radical (unpaired) electrons. The molecule has 8 aromatic rings. The third-order valence-corrected chi connectivity index (χ3v) is 8.47. The molecule has 7 aromatic carbocycles. The average molecular weight is 587 g/mol. The lowest BCUT2D eigenvalue weighted by atomic mass is 9.79. The fourth-order valence-electron chi connectivity index (χ4n) is 6.46. The second-order valence-corrected chi connectivity index (χ2v) is 11.3. The van der Waals surface area contributed by atoms with Crippen LogP contribution in [0.25, 0.3) is 78.1 Å². The van der Waals surface area contributed by atoms with Gasteiger partial charge in [0, 0.05) is 33.2 Å². The van der Waals surface area contributed by atoms with Crippen LogP contribution in [-0.4, -0.2) is 9.97 Å². The van der Waals surface area contributed by atoms with Crippen LogP contribution in [0.15, 0.2) is 182 Å². The molecule has 2 heteroatoms. The van der Waals surface area contributed by atoms with Gasteiger partial charge in [0.25, 0.3) is 0 Å². The highest BCUT2D eigenvalue weighted by molar-refractivity contribution is 6.20. The van der Waals surface area contributed by atoms with Gasteiger partial charge >= 0.3 is 0 Å². The number of hydrogen-bond donors (Lipinski definition) is 0. The van der Waals surface area contributed by atoms with E-state index >= 15 is 0 Å². The van der Waals surface area contributed by atoms with Crippen molar-refractivity contribution in [2.75, 3.05) is 0 Å². The van der Waals surface area contributed by atoms with Crippen molar-refractivity contribution in [2.45, 2.75) is 0 Å². The van der Waals surface area contributed by atoms with Crippen molar-refractivity contribution >= 4 is 10.9 Å². The fourth-order valence-corrected chi connectivity index (χ4v) is 6.46. The number of benzene rings is 7. The molecule has 0 spiro atoms. The molecule has 0 saturated heterocycles. The van der Waals surface area contributed by atoms with Gasteiger partial charge in [0.1, 0.15) is 0 Å². The van der Waals surface area contributed by atoms with Gasteiger partial charge in [-0.25, -0.2) is 9.97 Å². The van der Waals surface area contributed by atoms with Crippen LogP contribution in [0.1, 0.15) is 0 Å². The van der Waals surface area contributed by atoms with Crippen LogP contribution in [0.2, 0.25) is 0 Å². The van der Waals surface area contributed by atoms with Gasteiger partial charge in [-0.3, -0.25) is 0 Å². The predicted octanol–water partition coefficient (Wildman–Crippen LogP) is 11.6. The zero-order chi connectivity index (χ0) is 30.7. The van der Waals surface area contributed by atoms with E-state index in [9.17, 15) is 0 Å². The number of rotatable bonds is 6. The minimum atomic E-state index is 0.703. The summed E-state index contributed by atoms with van der Waals surface area (Å²) in [5, 5.41) is 1.04. The Morgan fingerprint density at radius 2 is 0.587 bits per heavy atom. The summed E-state index contributed by atoms with van der Waals surface area (Å²) in [6.07, 6.45) is 0. The van der Waals surface area contributed by atoms with Crippen LogP contribution in [0.4, 0.5) is 0 Å². The van der Waals surface area contributed by atoms with Gasteiger partial charge in [0.05, 0.1) is 11.2 Å². The van der Waals surface area contributed by atoms with Crippen molar-refractivity contribution in [3.63, 3.8) is 0 Å². The summed E-state index contributed by atoms with van der Waals surface area (Å²) in [5.74, 6) is 0.703. The van der Waals surface area contributed by atoms with Crippen LogP contribution in [0, 0.1) is 0 Å². The first kappa shape index (κ1) is 27.4. The topological polar surface area (TPSA) is 25.8 Å². The zero-order valence-electron chi connectivity index (χ0n) is 25.2. The van der Waals surface area contributed by atoms with E-state index in [0.717, 1.165) is 72.2 Å². The SMILES string of the molecule is c1ccc(-c2nc(-c3ccccc3)c3c(-c4ccccc4)c(-c4ccccc4)c(-c4ccccc4)c(-c4ccccc4)c3n2)cc1. The molecule has 216 valence electrons. The van der Waals surface area contributed by atoms with E-state index < -0.39 is 0 Å². The van der Waals surface area contributed by atoms with E-state index in [4.69, 9.17) is 9.97 Å². The standard InChI is InChI=1S/C44H30N2/c1-7-19-31(20-8-1)37-38(32-21-9-2-10-22-32)40(34-25-13-4-14-26-34)43-41(39(37)33-23-11-3-12-24-33)42(35-27-15-5-16-28-35)45-44(46-43)36-29-17-6-18-30-36/h1-30H. The van der Waals surface area contributed by atoms with Crippen molar-refractivity contribution in [2.24, 2.45) is 0 Å². The lowest BCUT2D eigenvalue weighted by molar-refractivity contribution is 1.23. The first-order chi connectivity index (χ1) is 22.9. The number of nitrogens with zero attached hydrogens (tertiary/aromatic N) is 2. The normalized spacial score (nSPS) is 11.0. The number of fused-ring (bicyclic) bond motifs is 1. The Hall–Kier alpha value is -6.12. The van der Waals surface area contributed by atoms with E-state index in [-0.39, 0.29) is 0 Å². The molecule has 0 amide bonds. The van der Waals surface area contributed by atoms with Crippen molar-refractivity contribution in [1.29, 1.82) is 0 Å². The monoisotopic (exact) mass is 586 g/mol. The van der Waals surface area contributed by atoms with Crippen molar-refractivity contribution < 1.29 is 0 Å². The minimum absolute atomic E-state index is 0.703. The summed E-state index contributed by atoms with van der Waals surface area (Å²) in [6, 6.07) is 63.8. The molecule has 0 aliphatic rings. The molecule has 8 rings (SSSR count). The van der Waals surface area contributed by atoms with Gasteiger partial charge in [-0.1, -0.05) is 182 Å². The maximum Gasteiger partial charge on any atom is 0.160 e. The second kappa shape index (κ2) is 12.1. The Balaban J connectivity index is 1.69. The molecule has 0 unspecified atom stereocenters. The number of aromatic nitrogens is 2. The molecule has 0 aliphatic carbocycles. The summed E-state index contributed by atoms with van der Waals surface area (Å²) in [6.45, 7) is 0. The van der Waals surface area contributed by atoms with E-state index in [1.54, 1.807) is 0 Å². The molecule has 2 nitrogen and oxygen atoms in total. The molecule has 1 aromatic heterocycles. The Morgan fingerprint density at radius 1 is 0.261 bits per heavy atom. The Labute approximate surface area is 269 Å². The summed E-state index contributed by atoms with van der Waals surface area (Å²) in [7, 11) is 0. The van der Waals surface area contributed by atoms with Crippen molar-refractivity contribution in [3.8, 4) is 67.2 Å². The lowest BCUT2D eigenvalue weighted by Crippen LogP contribution is -2.03. The van der Waals surface area contributed by atoms with Gasteiger partial charge in [-0.05, 0) is 27.8 Å². The number of hydrogen-bond acceptors (Lipinski definition) is 2. The summed E-state index contributed by atoms with van der Waals surface area (Å²) >= 11 is 0. The van der Waals surface area contributed by atoms with Crippen LogP contribution in [-0.2, 0) is 0 Å². The largest absolute Gasteiger partial charge is 0.227 e. The third kappa shape index (κ3) is 4.96. The molecule has 0 atom stereocenters. The molecule has 0 aliphatic heterocycles. The summed E-state index contributed by atoms with van der Waals surface area (Å²) < 4.78 is 0. The third-order valence-electron chi connectivity index (χ3n) is 8.47. The van der Waals surface area contributed by atoms with Crippen LogP contribution >= 0.6 is 0 Å². The first-order valence-electron chi connectivity index (χ1n) is 15.6. The molecule has 0 N–H and O–H groups in total. The van der Waals surface area contributed by atoms with Crippen molar-refractivity contribution in [3.05, 3.63) is 182 Å². The summed E-state index contributed by atoms with van der Waals surface area (Å²) in [5.41, 5.74) is 12.9. The van der Waals surface area contributed by atoms with E-state index in [1.807, 2.05) is 18.2 Å². The van der Waals surface area contributed by atoms with Gasteiger partial charge < -0.3 is 0 Å². The highest BCUT2D eigenvalue weighted by Crippen LogP contribution is 2.52. The Kier molecular flexibility index (Phi) is 7.22. The van der Waals surface area contributed by atoms with E-state index in [2.05, 4.69) is 164 Å².